The summed E-state index contributed by atoms with van der Waals surface area (Å²) < 4.78 is 50.0. The predicted molar refractivity (Wildman–Crippen MR) is 90.1 cm³/mol. The number of hydrogen-bond donors (Lipinski definition) is 1. The third-order valence-electron chi connectivity index (χ3n) is 3.91. The molecule has 1 aromatic rings. The number of benzene rings is 1. The molecule has 1 heterocycles. The van der Waals surface area contributed by atoms with Crippen molar-refractivity contribution in [2.45, 2.75) is 32.4 Å². The third kappa shape index (κ3) is 6.74. The van der Waals surface area contributed by atoms with E-state index in [1.54, 1.807) is 13.0 Å². The summed E-state index contributed by atoms with van der Waals surface area (Å²) in [6.45, 7) is 3.84. The fraction of sp³-hybridized carbons (Fsp3) is 0.588. The van der Waals surface area contributed by atoms with Gasteiger partial charge in [-0.3, -0.25) is 4.79 Å². The van der Waals surface area contributed by atoms with E-state index >= 15 is 0 Å². The second kappa shape index (κ2) is 9.87. The van der Waals surface area contributed by atoms with Crippen LogP contribution < -0.4 is 10.1 Å². The van der Waals surface area contributed by atoms with Crippen LogP contribution in [0.25, 0.3) is 0 Å². The monoisotopic (exact) mass is 381 g/mol. The van der Waals surface area contributed by atoms with Crippen molar-refractivity contribution in [3.63, 3.8) is 0 Å². The highest BCUT2D eigenvalue weighted by Gasteiger charge is 2.35. The molecule has 8 heteroatoms. The van der Waals surface area contributed by atoms with Gasteiger partial charge in [0.15, 0.2) is 0 Å². The second-order valence-electron chi connectivity index (χ2n) is 5.80. The number of halogens is 4. The summed E-state index contributed by atoms with van der Waals surface area (Å²) in [5.74, 6) is -0.344. The number of aryl methyl sites for hydroxylation is 1. The Morgan fingerprint density at radius 1 is 1.36 bits per heavy atom. The summed E-state index contributed by atoms with van der Waals surface area (Å²) in [5.41, 5.74) is -0.361. The van der Waals surface area contributed by atoms with Gasteiger partial charge in [0, 0.05) is 18.9 Å². The Hall–Kier alpha value is -1.47. The van der Waals surface area contributed by atoms with Gasteiger partial charge in [-0.25, -0.2) is 0 Å². The van der Waals surface area contributed by atoms with Gasteiger partial charge in [-0.1, -0.05) is 6.07 Å². The normalized spacial score (nSPS) is 17.0. The number of hydrogen-bond acceptors (Lipinski definition) is 4. The molecule has 4 nitrogen and oxygen atoms in total. The quantitative estimate of drug-likeness (QED) is 0.733. The highest BCUT2D eigenvalue weighted by atomic mass is 35.5. The number of alkyl halides is 3. The maximum Gasteiger partial charge on any atom is 0.419 e. The minimum absolute atomic E-state index is 0. The molecule has 0 spiro atoms. The predicted octanol–water partition coefficient (Wildman–Crippen LogP) is 3.61. The van der Waals surface area contributed by atoms with Crippen LogP contribution >= 0.6 is 12.4 Å². The van der Waals surface area contributed by atoms with E-state index in [1.807, 2.05) is 0 Å². The molecular formula is C17H23ClF3NO3. The molecule has 1 N–H and O–H groups in total. The summed E-state index contributed by atoms with van der Waals surface area (Å²) in [6.07, 6.45) is -3.34. The van der Waals surface area contributed by atoms with Crippen molar-refractivity contribution in [1.82, 2.24) is 5.32 Å². The van der Waals surface area contributed by atoms with Gasteiger partial charge in [0.25, 0.3) is 0 Å². The van der Waals surface area contributed by atoms with Crippen molar-refractivity contribution >= 4 is 18.4 Å². The minimum atomic E-state index is -4.50. The average molecular weight is 382 g/mol. The molecule has 2 rings (SSSR count). The molecule has 0 amide bonds. The molecule has 0 aliphatic carbocycles. The molecule has 1 aliphatic rings. The number of esters is 1. The largest absolute Gasteiger partial charge is 0.493 e. The Balaban J connectivity index is 0.00000312. The van der Waals surface area contributed by atoms with Gasteiger partial charge in [-0.15, -0.1) is 12.4 Å². The summed E-state index contributed by atoms with van der Waals surface area (Å²) >= 11 is 0. The Morgan fingerprint density at radius 2 is 2.12 bits per heavy atom. The van der Waals surface area contributed by atoms with E-state index in [-0.39, 0.29) is 50.1 Å². The van der Waals surface area contributed by atoms with Gasteiger partial charge in [0.1, 0.15) is 5.75 Å². The lowest BCUT2D eigenvalue weighted by Gasteiger charge is -2.17. The standard InChI is InChI=1S/C17H22F3NO3.ClH/c1-2-23-16(22)6-4-12-3-5-15(14(9-12)17(18,19)20)24-11-13-7-8-21-10-13;/h3,5,9,13,21H,2,4,6-8,10-11H2,1H3;1H. The topological polar surface area (TPSA) is 47.6 Å². The van der Waals surface area contributed by atoms with Crippen LogP contribution in [0.3, 0.4) is 0 Å². The highest BCUT2D eigenvalue weighted by molar-refractivity contribution is 5.85. The number of rotatable bonds is 7. The van der Waals surface area contributed by atoms with E-state index in [0.717, 1.165) is 25.6 Å². The first-order valence-electron chi connectivity index (χ1n) is 8.09. The molecule has 1 unspecified atom stereocenters. The summed E-state index contributed by atoms with van der Waals surface area (Å²) in [7, 11) is 0. The molecule has 142 valence electrons. The van der Waals surface area contributed by atoms with E-state index in [0.29, 0.717) is 5.56 Å². The van der Waals surface area contributed by atoms with Crippen LogP contribution in [-0.2, 0) is 22.1 Å². The molecule has 1 aliphatic heterocycles. The van der Waals surface area contributed by atoms with Crippen LogP contribution in [0.5, 0.6) is 5.75 Å². The van der Waals surface area contributed by atoms with Crippen LogP contribution in [-0.4, -0.2) is 32.3 Å². The van der Waals surface area contributed by atoms with E-state index in [1.165, 1.54) is 6.07 Å². The summed E-state index contributed by atoms with van der Waals surface area (Å²) in [6, 6.07) is 3.96. The first-order chi connectivity index (χ1) is 11.4. The maximum atomic E-state index is 13.3. The highest BCUT2D eigenvalue weighted by Crippen LogP contribution is 2.37. The van der Waals surface area contributed by atoms with Crippen molar-refractivity contribution in [3.8, 4) is 5.75 Å². The molecule has 0 radical (unpaired) electrons. The molecule has 0 aromatic heterocycles. The fourth-order valence-electron chi connectivity index (χ4n) is 2.62. The molecule has 1 fully saturated rings. The summed E-state index contributed by atoms with van der Waals surface area (Å²) in [5, 5.41) is 3.15. The zero-order valence-corrected chi connectivity index (χ0v) is 14.8. The zero-order valence-electron chi connectivity index (χ0n) is 14.0. The summed E-state index contributed by atoms with van der Waals surface area (Å²) in [4.78, 5) is 11.3. The van der Waals surface area contributed by atoms with Gasteiger partial charge in [0.2, 0.25) is 0 Å². The fourth-order valence-corrected chi connectivity index (χ4v) is 2.62. The maximum absolute atomic E-state index is 13.3. The van der Waals surface area contributed by atoms with Crippen LogP contribution in [0.1, 0.15) is 30.9 Å². The van der Waals surface area contributed by atoms with E-state index in [9.17, 15) is 18.0 Å². The van der Waals surface area contributed by atoms with Crippen molar-refractivity contribution < 1.29 is 27.4 Å². The van der Waals surface area contributed by atoms with Crippen molar-refractivity contribution in [3.05, 3.63) is 29.3 Å². The molecule has 1 aromatic carbocycles. The average Bonchev–Trinajstić information content (AvgIpc) is 3.04. The van der Waals surface area contributed by atoms with Crippen LogP contribution in [0.2, 0.25) is 0 Å². The first kappa shape index (κ1) is 21.6. The van der Waals surface area contributed by atoms with Crippen LogP contribution in [0.15, 0.2) is 18.2 Å². The van der Waals surface area contributed by atoms with Gasteiger partial charge in [-0.2, -0.15) is 13.2 Å². The third-order valence-corrected chi connectivity index (χ3v) is 3.91. The second-order valence-corrected chi connectivity index (χ2v) is 5.80. The molecule has 1 atom stereocenters. The lowest BCUT2D eigenvalue weighted by molar-refractivity contribution is -0.143. The lowest BCUT2D eigenvalue weighted by atomic mass is 10.0. The van der Waals surface area contributed by atoms with E-state index in [2.05, 4.69) is 5.32 Å². The van der Waals surface area contributed by atoms with Crippen LogP contribution in [0.4, 0.5) is 13.2 Å². The Morgan fingerprint density at radius 3 is 2.72 bits per heavy atom. The molecule has 25 heavy (non-hydrogen) atoms. The van der Waals surface area contributed by atoms with Crippen molar-refractivity contribution in [2.24, 2.45) is 5.92 Å². The molecule has 0 bridgehead atoms. The van der Waals surface area contributed by atoms with Gasteiger partial charge in [-0.05, 0) is 44.0 Å². The molecule has 1 saturated heterocycles. The minimum Gasteiger partial charge on any atom is -0.493 e. The number of nitrogens with one attached hydrogen (secondary N) is 1. The first-order valence-corrected chi connectivity index (χ1v) is 8.09. The molecular weight excluding hydrogens is 359 g/mol. The number of carbonyl (C=O) groups is 1. The Labute approximate surface area is 151 Å². The molecule has 0 saturated carbocycles. The zero-order chi connectivity index (χ0) is 17.6. The van der Waals surface area contributed by atoms with E-state index in [4.69, 9.17) is 9.47 Å². The van der Waals surface area contributed by atoms with Gasteiger partial charge >= 0.3 is 12.1 Å². The van der Waals surface area contributed by atoms with Gasteiger partial charge < -0.3 is 14.8 Å². The number of carbonyl (C=O) groups excluding carboxylic acids is 1. The number of ether oxygens (including phenoxy) is 2. The lowest BCUT2D eigenvalue weighted by Crippen LogP contribution is -2.17. The Bertz CT molecular complexity index is 561. The van der Waals surface area contributed by atoms with Crippen molar-refractivity contribution in [1.29, 1.82) is 0 Å². The van der Waals surface area contributed by atoms with E-state index < -0.39 is 17.7 Å². The smallest absolute Gasteiger partial charge is 0.419 e. The SMILES string of the molecule is CCOC(=O)CCc1ccc(OCC2CCNC2)c(C(F)(F)F)c1.Cl. The van der Waals surface area contributed by atoms with Gasteiger partial charge in [0.05, 0.1) is 18.8 Å². The Kier molecular flexibility index (Phi) is 8.52. The van der Waals surface area contributed by atoms with Crippen LogP contribution in [0, 0.1) is 5.92 Å². The van der Waals surface area contributed by atoms with Crippen molar-refractivity contribution in [2.75, 3.05) is 26.3 Å².